The molecule has 3 N–H and O–H groups in total. The van der Waals surface area contributed by atoms with E-state index in [4.69, 9.17) is 26.8 Å². The first-order valence-electron chi connectivity index (χ1n) is 7.38. The van der Waals surface area contributed by atoms with E-state index in [1.54, 1.807) is 27.9 Å². The van der Waals surface area contributed by atoms with Crippen LogP contribution < -0.4 is 10.6 Å². The van der Waals surface area contributed by atoms with Crippen molar-refractivity contribution in [2.75, 3.05) is 26.8 Å². The molecule has 1 aliphatic heterocycles. The van der Waals surface area contributed by atoms with Crippen molar-refractivity contribution in [2.45, 2.75) is 44.9 Å². The number of carboxylic acid groups (broad SMARTS) is 1. The van der Waals surface area contributed by atoms with Gasteiger partial charge in [-0.15, -0.1) is 0 Å². The molecule has 1 heterocycles. The van der Waals surface area contributed by atoms with Crippen LogP contribution in [0.2, 0.25) is 0 Å². The highest BCUT2D eigenvalue weighted by Crippen LogP contribution is 2.14. The van der Waals surface area contributed by atoms with E-state index in [0.717, 1.165) is 0 Å². The van der Waals surface area contributed by atoms with Crippen molar-refractivity contribution < 1.29 is 24.2 Å². The van der Waals surface area contributed by atoms with Gasteiger partial charge >= 0.3 is 12.2 Å². The minimum atomic E-state index is -1.13. The van der Waals surface area contributed by atoms with Crippen LogP contribution in [0.3, 0.4) is 0 Å². The summed E-state index contributed by atoms with van der Waals surface area (Å²) in [6.45, 7) is 6.60. The number of methoxy groups -OCH3 is 1. The largest absolute Gasteiger partial charge is 0.465 e. The zero-order valence-corrected chi connectivity index (χ0v) is 14.7. The Balaban J connectivity index is 2.74. The SMILES string of the molecule is COCC(=S)N1CC[C@H](NC(=O)O)[C@H](NC(=O)OC(C)(C)C)C1. The molecular formula is C14H25N3O5S. The van der Waals surface area contributed by atoms with Crippen LogP contribution in [0.25, 0.3) is 0 Å². The topological polar surface area (TPSA) is 100 Å². The normalized spacial score (nSPS) is 21.5. The molecule has 8 nitrogen and oxygen atoms in total. The molecule has 0 aliphatic carbocycles. The zero-order chi connectivity index (χ0) is 17.6. The Labute approximate surface area is 141 Å². The number of carbonyl (C=O) groups excluding carboxylic acids is 1. The van der Waals surface area contributed by atoms with Gasteiger partial charge in [-0.05, 0) is 27.2 Å². The van der Waals surface area contributed by atoms with E-state index >= 15 is 0 Å². The number of alkyl carbamates (subject to hydrolysis) is 1. The number of amides is 2. The van der Waals surface area contributed by atoms with Crippen LogP contribution >= 0.6 is 12.2 Å². The molecule has 1 aliphatic rings. The summed E-state index contributed by atoms with van der Waals surface area (Å²) in [5.41, 5.74) is -0.625. The van der Waals surface area contributed by atoms with Gasteiger partial charge < -0.3 is 30.1 Å². The number of nitrogens with one attached hydrogen (secondary N) is 2. The van der Waals surface area contributed by atoms with Crippen LogP contribution in [0.15, 0.2) is 0 Å². The molecule has 0 radical (unpaired) electrons. The number of rotatable bonds is 4. The van der Waals surface area contributed by atoms with Gasteiger partial charge in [-0.3, -0.25) is 0 Å². The number of piperidine rings is 1. The number of nitrogens with zero attached hydrogens (tertiary/aromatic N) is 1. The fourth-order valence-corrected chi connectivity index (χ4v) is 2.61. The van der Waals surface area contributed by atoms with Crippen LogP contribution in [0, 0.1) is 0 Å². The molecule has 0 bridgehead atoms. The number of thiocarbonyl (C=S) groups is 1. The molecule has 9 heteroatoms. The Morgan fingerprint density at radius 2 is 1.96 bits per heavy atom. The zero-order valence-electron chi connectivity index (χ0n) is 13.9. The van der Waals surface area contributed by atoms with Gasteiger partial charge in [0.1, 0.15) is 10.6 Å². The van der Waals surface area contributed by atoms with Gasteiger partial charge in [0.15, 0.2) is 0 Å². The van der Waals surface area contributed by atoms with Crippen molar-refractivity contribution in [3.63, 3.8) is 0 Å². The standard InChI is InChI=1S/C14H25N3O5S/c1-14(2,3)22-13(20)16-10-7-17(11(23)8-21-4)6-5-9(10)15-12(18)19/h9-10,15H,5-8H2,1-4H3,(H,16,20)(H,18,19)/t9-,10+/m0/s1. The monoisotopic (exact) mass is 347 g/mol. The highest BCUT2D eigenvalue weighted by molar-refractivity contribution is 7.80. The molecule has 132 valence electrons. The van der Waals surface area contributed by atoms with Crippen molar-refractivity contribution in [1.82, 2.24) is 15.5 Å². The smallest absolute Gasteiger partial charge is 0.408 e. The Morgan fingerprint density at radius 1 is 1.30 bits per heavy atom. The Kier molecular flexibility index (Phi) is 7.01. The fourth-order valence-electron chi connectivity index (χ4n) is 2.33. The summed E-state index contributed by atoms with van der Waals surface area (Å²) in [4.78, 5) is 25.4. The number of hydrogen-bond donors (Lipinski definition) is 3. The third-order valence-electron chi connectivity index (χ3n) is 3.24. The van der Waals surface area contributed by atoms with E-state index in [1.165, 1.54) is 0 Å². The molecule has 0 aromatic carbocycles. The predicted molar refractivity (Wildman–Crippen MR) is 88.8 cm³/mol. The summed E-state index contributed by atoms with van der Waals surface area (Å²) in [5, 5.41) is 14.1. The van der Waals surface area contributed by atoms with E-state index in [1.807, 2.05) is 4.90 Å². The van der Waals surface area contributed by atoms with E-state index in [-0.39, 0.29) is 0 Å². The lowest BCUT2D eigenvalue weighted by Gasteiger charge is -2.39. The second-order valence-corrected chi connectivity index (χ2v) is 6.84. The number of carbonyl (C=O) groups is 2. The molecule has 2 amide bonds. The summed E-state index contributed by atoms with van der Waals surface area (Å²) < 4.78 is 10.3. The average Bonchev–Trinajstić information content (AvgIpc) is 2.38. The first-order chi connectivity index (χ1) is 10.6. The average molecular weight is 347 g/mol. The van der Waals surface area contributed by atoms with E-state index in [2.05, 4.69) is 10.6 Å². The van der Waals surface area contributed by atoms with Gasteiger partial charge in [-0.2, -0.15) is 0 Å². The third kappa shape index (κ3) is 7.00. The van der Waals surface area contributed by atoms with Gasteiger partial charge in [0, 0.05) is 20.2 Å². The first-order valence-corrected chi connectivity index (χ1v) is 7.79. The molecule has 0 aromatic heterocycles. The van der Waals surface area contributed by atoms with E-state index in [9.17, 15) is 9.59 Å². The van der Waals surface area contributed by atoms with Crippen LogP contribution in [-0.2, 0) is 9.47 Å². The maximum absolute atomic E-state index is 12.0. The fraction of sp³-hybridized carbons (Fsp3) is 0.786. The molecule has 0 saturated carbocycles. The van der Waals surface area contributed by atoms with Crippen molar-refractivity contribution in [3.8, 4) is 0 Å². The molecule has 23 heavy (non-hydrogen) atoms. The van der Waals surface area contributed by atoms with Crippen molar-refractivity contribution in [1.29, 1.82) is 0 Å². The molecule has 0 aromatic rings. The summed E-state index contributed by atoms with van der Waals surface area (Å²) in [5.74, 6) is 0. The summed E-state index contributed by atoms with van der Waals surface area (Å²) in [7, 11) is 1.56. The Morgan fingerprint density at radius 3 is 2.48 bits per heavy atom. The second-order valence-electron chi connectivity index (χ2n) is 6.37. The van der Waals surface area contributed by atoms with E-state index in [0.29, 0.717) is 31.1 Å². The molecule has 1 fully saturated rings. The summed E-state index contributed by atoms with van der Waals surface area (Å²) in [6.07, 6.45) is -1.19. The molecular weight excluding hydrogens is 322 g/mol. The van der Waals surface area contributed by atoms with Gasteiger partial charge in [0.05, 0.1) is 18.7 Å². The molecule has 0 unspecified atom stereocenters. The second kappa shape index (κ2) is 8.30. The van der Waals surface area contributed by atoms with Gasteiger partial charge in [-0.1, -0.05) is 12.2 Å². The van der Waals surface area contributed by atoms with Crippen molar-refractivity contribution in [3.05, 3.63) is 0 Å². The molecule has 0 spiro atoms. The lowest BCUT2D eigenvalue weighted by Crippen LogP contribution is -2.61. The number of hydrogen-bond acceptors (Lipinski definition) is 5. The predicted octanol–water partition coefficient (Wildman–Crippen LogP) is 1.20. The van der Waals surface area contributed by atoms with Crippen molar-refractivity contribution >= 4 is 29.4 Å². The number of ether oxygens (including phenoxy) is 2. The Hall–Kier alpha value is -1.61. The minimum Gasteiger partial charge on any atom is -0.465 e. The lowest BCUT2D eigenvalue weighted by atomic mass is 9.99. The van der Waals surface area contributed by atoms with Crippen LogP contribution in [0.4, 0.5) is 9.59 Å². The van der Waals surface area contributed by atoms with Crippen LogP contribution in [-0.4, -0.2) is 71.7 Å². The van der Waals surface area contributed by atoms with Crippen molar-refractivity contribution in [2.24, 2.45) is 0 Å². The van der Waals surface area contributed by atoms with E-state index < -0.39 is 29.9 Å². The maximum Gasteiger partial charge on any atom is 0.408 e. The van der Waals surface area contributed by atoms with Gasteiger partial charge in [0.25, 0.3) is 0 Å². The van der Waals surface area contributed by atoms with Gasteiger partial charge in [0.2, 0.25) is 0 Å². The van der Waals surface area contributed by atoms with Gasteiger partial charge in [-0.25, -0.2) is 9.59 Å². The highest BCUT2D eigenvalue weighted by atomic mass is 32.1. The summed E-state index contributed by atoms with van der Waals surface area (Å²) in [6, 6.07) is -0.842. The number of likely N-dealkylation sites (tertiary alicyclic amines) is 1. The highest BCUT2D eigenvalue weighted by Gasteiger charge is 2.33. The lowest BCUT2D eigenvalue weighted by molar-refractivity contribution is 0.0466. The molecule has 2 atom stereocenters. The summed E-state index contributed by atoms with van der Waals surface area (Å²) >= 11 is 5.27. The third-order valence-corrected chi connectivity index (χ3v) is 3.62. The molecule has 1 saturated heterocycles. The maximum atomic E-state index is 12.0. The molecule has 1 rings (SSSR count). The quantitative estimate of drug-likeness (QED) is 0.657. The van der Waals surface area contributed by atoms with Crippen LogP contribution in [0.5, 0.6) is 0 Å². The van der Waals surface area contributed by atoms with Crippen LogP contribution in [0.1, 0.15) is 27.2 Å². The Bertz CT molecular complexity index is 452. The first kappa shape index (κ1) is 19.4. The minimum absolute atomic E-state index is 0.311.